The van der Waals surface area contributed by atoms with Gasteiger partial charge in [-0.25, -0.2) is 0 Å². The van der Waals surface area contributed by atoms with Gasteiger partial charge in [0.2, 0.25) is 0 Å². The summed E-state index contributed by atoms with van der Waals surface area (Å²) in [5.74, 6) is -1.13. The molecule has 0 atom stereocenters. The van der Waals surface area contributed by atoms with Gasteiger partial charge < -0.3 is 14.6 Å². The van der Waals surface area contributed by atoms with Crippen molar-refractivity contribution in [3.05, 3.63) is 12.7 Å². The van der Waals surface area contributed by atoms with Crippen LogP contribution in [0.3, 0.4) is 0 Å². The number of carbonyl (C=O) groups is 2. The second-order valence-electron chi connectivity index (χ2n) is 5.65. The third-order valence-corrected chi connectivity index (χ3v) is 3.21. The number of ether oxygens (including phenoxy) is 1. The maximum atomic E-state index is 11.2. The third-order valence-electron chi connectivity index (χ3n) is 3.21. The Kier molecular flexibility index (Phi) is 14.0. The third kappa shape index (κ3) is 10.5. The van der Waals surface area contributed by atoms with Gasteiger partial charge in [0.25, 0.3) is 0 Å². The maximum Gasteiger partial charge on any atom is 1.00 e. The predicted octanol–water partition coefficient (Wildman–Crippen LogP) is -0.672. The van der Waals surface area contributed by atoms with Gasteiger partial charge in [-0.05, 0) is 26.7 Å². The molecule has 0 aromatic carbocycles. The number of aliphatic carboxylic acids is 1. The average Bonchev–Trinajstić information content (AvgIpc) is 2.36. The molecule has 20 heavy (non-hydrogen) atoms. The van der Waals surface area contributed by atoms with Crippen molar-refractivity contribution in [2.75, 3.05) is 6.61 Å². The van der Waals surface area contributed by atoms with Crippen LogP contribution in [0.4, 0.5) is 0 Å². The molecule has 0 rings (SSSR count). The molecule has 0 aliphatic carbocycles. The minimum absolute atomic E-state index is 0. The summed E-state index contributed by atoms with van der Waals surface area (Å²) in [5, 5.41) is 10.1. The minimum Gasteiger partial charge on any atom is -0.550 e. The molecule has 112 valence electrons. The van der Waals surface area contributed by atoms with Crippen LogP contribution in [0, 0.1) is 10.8 Å². The van der Waals surface area contributed by atoms with Crippen molar-refractivity contribution in [1.29, 1.82) is 0 Å². The standard InChI is InChI=1S/C9H16O2.C6H12O2.Na/c1-5-7-11-8(10)9(3,4)6-2;1-4-6(2,3)5(7)8;/h5H,1,6-7H2,2-4H3;4H2,1-3H3,(H,7,8);/q;;+1/p-1. The molecular weight excluding hydrogens is 267 g/mol. The molecule has 0 aliphatic rings. The van der Waals surface area contributed by atoms with E-state index in [9.17, 15) is 14.7 Å². The van der Waals surface area contributed by atoms with Crippen molar-refractivity contribution in [1.82, 2.24) is 0 Å². The summed E-state index contributed by atoms with van der Waals surface area (Å²) in [6, 6.07) is 0. The van der Waals surface area contributed by atoms with E-state index in [1.54, 1.807) is 19.9 Å². The maximum absolute atomic E-state index is 11.2. The van der Waals surface area contributed by atoms with Crippen LogP contribution in [0.1, 0.15) is 54.4 Å². The summed E-state index contributed by atoms with van der Waals surface area (Å²) in [6.07, 6.45) is 2.99. The molecule has 0 aromatic rings. The van der Waals surface area contributed by atoms with E-state index in [1.165, 1.54) is 0 Å². The fraction of sp³-hybridized carbons (Fsp3) is 0.733. The van der Waals surface area contributed by atoms with Crippen molar-refractivity contribution in [2.24, 2.45) is 10.8 Å². The fourth-order valence-electron chi connectivity index (χ4n) is 0.619. The summed E-state index contributed by atoms with van der Waals surface area (Å²) < 4.78 is 4.89. The van der Waals surface area contributed by atoms with E-state index in [2.05, 4.69) is 6.58 Å². The average molecular weight is 294 g/mol. The van der Waals surface area contributed by atoms with Gasteiger partial charge in [0.1, 0.15) is 6.61 Å². The summed E-state index contributed by atoms with van der Waals surface area (Å²) in [5.41, 5.74) is -1.01. The van der Waals surface area contributed by atoms with Crippen LogP contribution >= 0.6 is 0 Å². The minimum atomic E-state index is -0.972. The fourth-order valence-corrected chi connectivity index (χ4v) is 0.619. The van der Waals surface area contributed by atoms with Crippen molar-refractivity contribution < 1.29 is 49.0 Å². The number of hydrogen-bond donors (Lipinski definition) is 0. The van der Waals surface area contributed by atoms with Crippen LogP contribution in [0.2, 0.25) is 0 Å². The first-order chi connectivity index (χ1) is 8.55. The monoisotopic (exact) mass is 294 g/mol. The van der Waals surface area contributed by atoms with Gasteiger partial charge in [-0.15, -0.1) is 0 Å². The summed E-state index contributed by atoms with van der Waals surface area (Å²) in [7, 11) is 0. The Balaban J connectivity index is -0.000000288. The SMILES string of the molecule is C=CCOC(=O)C(C)(C)CC.CCC(C)(C)C(=O)[O-].[Na+]. The Morgan fingerprint density at radius 2 is 1.50 bits per heavy atom. The van der Waals surface area contributed by atoms with Crippen LogP contribution in [0.5, 0.6) is 0 Å². The van der Waals surface area contributed by atoms with E-state index in [4.69, 9.17) is 4.74 Å². The Labute approximate surface area is 145 Å². The van der Waals surface area contributed by atoms with Gasteiger partial charge in [0.15, 0.2) is 0 Å². The summed E-state index contributed by atoms with van der Waals surface area (Å²) >= 11 is 0. The Morgan fingerprint density at radius 3 is 1.70 bits per heavy atom. The van der Waals surface area contributed by atoms with Crippen LogP contribution < -0.4 is 34.7 Å². The first kappa shape index (κ1) is 24.7. The van der Waals surface area contributed by atoms with Crippen LogP contribution in [0.25, 0.3) is 0 Å². The van der Waals surface area contributed by atoms with Crippen molar-refractivity contribution in [3.63, 3.8) is 0 Å². The smallest absolute Gasteiger partial charge is 0.550 e. The quantitative estimate of drug-likeness (QED) is 0.370. The molecule has 0 amide bonds. The van der Waals surface area contributed by atoms with Crippen molar-refractivity contribution >= 4 is 11.9 Å². The molecule has 5 heteroatoms. The Bertz CT molecular complexity index is 309. The van der Waals surface area contributed by atoms with E-state index >= 15 is 0 Å². The van der Waals surface area contributed by atoms with Gasteiger partial charge in [-0.1, -0.05) is 40.3 Å². The number of hydrogen-bond acceptors (Lipinski definition) is 4. The van der Waals surface area contributed by atoms with Gasteiger partial charge in [0, 0.05) is 11.4 Å². The second kappa shape index (κ2) is 11.4. The van der Waals surface area contributed by atoms with Gasteiger partial charge in [0.05, 0.1) is 5.41 Å². The molecule has 0 aliphatic heterocycles. The molecule has 0 fully saturated rings. The van der Waals surface area contributed by atoms with Crippen LogP contribution in [-0.2, 0) is 14.3 Å². The van der Waals surface area contributed by atoms with Crippen LogP contribution in [0.15, 0.2) is 12.7 Å². The van der Waals surface area contributed by atoms with E-state index < -0.39 is 11.4 Å². The molecule has 0 radical (unpaired) electrons. The van der Waals surface area contributed by atoms with E-state index in [1.807, 2.05) is 27.7 Å². The number of carboxylic acids is 1. The van der Waals surface area contributed by atoms with Crippen LogP contribution in [-0.4, -0.2) is 18.5 Å². The molecule has 0 bridgehead atoms. The topological polar surface area (TPSA) is 66.4 Å². The number of carboxylic acid groups (broad SMARTS) is 1. The zero-order valence-corrected chi connectivity index (χ0v) is 16.0. The Morgan fingerprint density at radius 1 is 1.10 bits per heavy atom. The molecule has 0 N–H and O–H groups in total. The summed E-state index contributed by atoms with van der Waals surface area (Å²) in [4.78, 5) is 21.3. The van der Waals surface area contributed by atoms with E-state index in [0.717, 1.165) is 6.42 Å². The number of carbonyl (C=O) groups excluding carboxylic acids is 2. The second-order valence-corrected chi connectivity index (χ2v) is 5.65. The number of esters is 1. The molecule has 0 aromatic heterocycles. The number of rotatable bonds is 6. The normalized spacial score (nSPS) is 10.5. The first-order valence-corrected chi connectivity index (χ1v) is 6.54. The van der Waals surface area contributed by atoms with E-state index in [-0.39, 0.29) is 40.9 Å². The predicted molar refractivity (Wildman–Crippen MR) is 74.3 cm³/mol. The Hall–Kier alpha value is -0.320. The van der Waals surface area contributed by atoms with Gasteiger partial charge >= 0.3 is 35.5 Å². The molecular formula is C15H27NaO4. The van der Waals surface area contributed by atoms with Gasteiger partial charge in [-0.3, -0.25) is 4.79 Å². The molecule has 0 spiro atoms. The zero-order valence-electron chi connectivity index (χ0n) is 14.0. The zero-order chi connectivity index (χ0) is 15.7. The van der Waals surface area contributed by atoms with Crippen molar-refractivity contribution in [2.45, 2.75) is 54.4 Å². The largest absolute Gasteiger partial charge is 1.00 e. The molecule has 0 saturated heterocycles. The molecule has 0 heterocycles. The summed E-state index contributed by atoms with van der Waals surface area (Å²) in [6.45, 7) is 14.6. The molecule has 0 unspecified atom stereocenters. The van der Waals surface area contributed by atoms with Gasteiger partial charge in [-0.2, -0.15) is 0 Å². The molecule has 0 saturated carbocycles. The molecule has 4 nitrogen and oxygen atoms in total. The first-order valence-electron chi connectivity index (χ1n) is 6.54. The van der Waals surface area contributed by atoms with E-state index in [0.29, 0.717) is 13.0 Å². The van der Waals surface area contributed by atoms with Crippen molar-refractivity contribution in [3.8, 4) is 0 Å².